The molecule has 15 heavy (non-hydrogen) atoms. The Kier molecular flexibility index (Phi) is 4.82. The first-order chi connectivity index (χ1) is 7.15. The highest BCUT2D eigenvalue weighted by atomic mass is 35.5. The predicted octanol–water partition coefficient (Wildman–Crippen LogP) is 3.29. The number of rotatable bonds is 5. The molecule has 0 amide bonds. The zero-order valence-corrected chi connectivity index (χ0v) is 10.3. The fraction of sp³-hybridized carbons (Fsp3) is 0.636. The van der Waals surface area contributed by atoms with Gasteiger partial charge in [0.1, 0.15) is 16.8 Å². The van der Waals surface area contributed by atoms with Gasteiger partial charge in [-0.15, -0.1) is 0 Å². The summed E-state index contributed by atoms with van der Waals surface area (Å²) in [5, 5.41) is 3.79. The van der Waals surface area contributed by atoms with Gasteiger partial charge in [-0.05, 0) is 12.8 Å². The Hall–Kier alpha value is -0.830. The summed E-state index contributed by atoms with van der Waals surface area (Å²) in [6.07, 6.45) is 2.36. The van der Waals surface area contributed by atoms with Crippen LogP contribution < -0.4 is 5.32 Å². The Balaban J connectivity index is 2.57. The Morgan fingerprint density at radius 2 is 2.00 bits per heavy atom. The van der Waals surface area contributed by atoms with E-state index in [4.69, 9.17) is 11.6 Å². The van der Waals surface area contributed by atoms with Gasteiger partial charge in [0.05, 0.1) is 0 Å². The Bertz CT molecular complexity index is 290. The molecule has 3 nitrogen and oxygen atoms in total. The van der Waals surface area contributed by atoms with Crippen molar-refractivity contribution in [3.05, 3.63) is 17.0 Å². The van der Waals surface area contributed by atoms with Crippen molar-refractivity contribution in [1.29, 1.82) is 0 Å². The van der Waals surface area contributed by atoms with Crippen LogP contribution in [0.15, 0.2) is 6.07 Å². The van der Waals surface area contributed by atoms with Gasteiger partial charge in [0, 0.05) is 12.6 Å². The molecular weight excluding hydrogens is 210 g/mol. The van der Waals surface area contributed by atoms with E-state index in [0.717, 1.165) is 12.4 Å². The molecule has 0 unspecified atom stereocenters. The lowest BCUT2D eigenvalue weighted by molar-refractivity contribution is 0.518. The number of nitrogens with zero attached hydrogens (tertiary/aromatic N) is 2. The van der Waals surface area contributed by atoms with Gasteiger partial charge in [0.25, 0.3) is 0 Å². The van der Waals surface area contributed by atoms with Gasteiger partial charge < -0.3 is 5.32 Å². The Labute approximate surface area is 96.3 Å². The van der Waals surface area contributed by atoms with Gasteiger partial charge in [0.2, 0.25) is 0 Å². The molecule has 0 aliphatic carbocycles. The van der Waals surface area contributed by atoms with E-state index in [9.17, 15) is 0 Å². The molecular formula is C11H18ClN3. The lowest BCUT2D eigenvalue weighted by atomic mass is 10.0. The lowest BCUT2D eigenvalue weighted by Crippen LogP contribution is -2.13. The molecule has 0 aliphatic rings. The molecule has 0 spiro atoms. The van der Waals surface area contributed by atoms with Crippen molar-refractivity contribution < 1.29 is 0 Å². The molecule has 0 aliphatic heterocycles. The molecule has 0 aromatic carbocycles. The zero-order valence-electron chi connectivity index (χ0n) is 9.55. The van der Waals surface area contributed by atoms with Crippen molar-refractivity contribution in [2.45, 2.75) is 33.6 Å². The maximum Gasteiger partial charge on any atom is 0.134 e. The predicted molar refractivity (Wildman–Crippen MR) is 64.3 cm³/mol. The second-order valence-corrected chi connectivity index (χ2v) is 4.07. The summed E-state index contributed by atoms with van der Waals surface area (Å²) in [6, 6.07) is 1.76. The second kappa shape index (κ2) is 5.91. The molecule has 0 saturated heterocycles. The van der Waals surface area contributed by atoms with Crippen molar-refractivity contribution in [3.63, 3.8) is 0 Å². The molecule has 1 aromatic rings. The monoisotopic (exact) mass is 227 g/mol. The molecule has 4 heteroatoms. The normalized spacial score (nSPS) is 10.7. The molecule has 0 radical (unpaired) electrons. The maximum absolute atomic E-state index is 5.84. The number of aromatic nitrogens is 2. The Morgan fingerprint density at radius 1 is 1.33 bits per heavy atom. The first-order valence-electron chi connectivity index (χ1n) is 5.40. The molecule has 0 fully saturated rings. The largest absolute Gasteiger partial charge is 0.370 e. The highest BCUT2D eigenvalue weighted by Crippen LogP contribution is 2.13. The van der Waals surface area contributed by atoms with Crippen molar-refractivity contribution in [1.82, 2.24) is 9.97 Å². The quantitative estimate of drug-likeness (QED) is 0.785. The summed E-state index contributed by atoms with van der Waals surface area (Å²) in [5.41, 5.74) is 0. The number of anilines is 1. The van der Waals surface area contributed by atoms with Crippen LogP contribution >= 0.6 is 11.6 Å². The van der Waals surface area contributed by atoms with Gasteiger partial charge in [-0.25, -0.2) is 9.97 Å². The molecule has 1 heterocycles. The van der Waals surface area contributed by atoms with Gasteiger partial charge in [-0.1, -0.05) is 38.3 Å². The van der Waals surface area contributed by atoms with E-state index in [2.05, 4.69) is 29.1 Å². The average molecular weight is 228 g/mol. The van der Waals surface area contributed by atoms with E-state index in [1.165, 1.54) is 12.8 Å². The summed E-state index contributed by atoms with van der Waals surface area (Å²) >= 11 is 5.84. The summed E-state index contributed by atoms with van der Waals surface area (Å²) in [6.45, 7) is 7.19. The molecule has 0 saturated carbocycles. The van der Waals surface area contributed by atoms with E-state index in [-0.39, 0.29) is 0 Å². The SMILES string of the molecule is CCC(CC)CNc1cc(Cl)nc(C)n1. The number of halogens is 1. The van der Waals surface area contributed by atoms with E-state index in [1.807, 2.05) is 6.92 Å². The fourth-order valence-electron chi connectivity index (χ4n) is 1.45. The smallest absolute Gasteiger partial charge is 0.134 e. The van der Waals surface area contributed by atoms with Crippen LogP contribution in [0.3, 0.4) is 0 Å². The van der Waals surface area contributed by atoms with Crippen molar-refractivity contribution in [3.8, 4) is 0 Å². The van der Waals surface area contributed by atoms with E-state index < -0.39 is 0 Å². The molecule has 0 bridgehead atoms. The third kappa shape index (κ3) is 4.04. The van der Waals surface area contributed by atoms with Gasteiger partial charge in [0.15, 0.2) is 0 Å². The Morgan fingerprint density at radius 3 is 2.53 bits per heavy atom. The van der Waals surface area contributed by atoms with E-state index in [0.29, 0.717) is 16.9 Å². The second-order valence-electron chi connectivity index (χ2n) is 3.69. The van der Waals surface area contributed by atoms with Crippen LogP contribution in [0.4, 0.5) is 5.82 Å². The van der Waals surface area contributed by atoms with Crippen LogP contribution in [0, 0.1) is 12.8 Å². The third-order valence-corrected chi connectivity index (χ3v) is 2.73. The van der Waals surface area contributed by atoms with Gasteiger partial charge in [-0.2, -0.15) is 0 Å². The minimum absolute atomic E-state index is 0.495. The van der Waals surface area contributed by atoms with Crippen LogP contribution in [0.25, 0.3) is 0 Å². The third-order valence-electron chi connectivity index (χ3n) is 2.53. The summed E-state index contributed by atoms with van der Waals surface area (Å²) in [5.74, 6) is 2.22. The molecule has 1 rings (SSSR count). The molecule has 1 N–H and O–H groups in total. The van der Waals surface area contributed by atoms with Crippen molar-refractivity contribution >= 4 is 17.4 Å². The zero-order chi connectivity index (χ0) is 11.3. The van der Waals surface area contributed by atoms with Crippen molar-refractivity contribution in [2.75, 3.05) is 11.9 Å². The lowest BCUT2D eigenvalue weighted by Gasteiger charge is -2.13. The fourth-order valence-corrected chi connectivity index (χ4v) is 1.67. The number of hydrogen-bond acceptors (Lipinski definition) is 3. The minimum Gasteiger partial charge on any atom is -0.370 e. The molecule has 0 atom stereocenters. The minimum atomic E-state index is 0.495. The summed E-state index contributed by atoms with van der Waals surface area (Å²) in [7, 11) is 0. The highest BCUT2D eigenvalue weighted by molar-refractivity contribution is 6.29. The summed E-state index contributed by atoms with van der Waals surface area (Å²) < 4.78 is 0. The maximum atomic E-state index is 5.84. The van der Waals surface area contributed by atoms with Crippen LogP contribution in [-0.4, -0.2) is 16.5 Å². The molecule has 84 valence electrons. The van der Waals surface area contributed by atoms with Gasteiger partial charge in [-0.3, -0.25) is 0 Å². The summed E-state index contributed by atoms with van der Waals surface area (Å²) in [4.78, 5) is 8.28. The topological polar surface area (TPSA) is 37.8 Å². The van der Waals surface area contributed by atoms with Crippen LogP contribution in [0.2, 0.25) is 5.15 Å². The molecule has 1 aromatic heterocycles. The highest BCUT2D eigenvalue weighted by Gasteiger charge is 2.04. The van der Waals surface area contributed by atoms with E-state index in [1.54, 1.807) is 6.07 Å². The van der Waals surface area contributed by atoms with Gasteiger partial charge >= 0.3 is 0 Å². The van der Waals surface area contributed by atoms with Crippen molar-refractivity contribution in [2.24, 2.45) is 5.92 Å². The number of aryl methyl sites for hydroxylation is 1. The first-order valence-corrected chi connectivity index (χ1v) is 5.78. The average Bonchev–Trinajstić information content (AvgIpc) is 2.18. The van der Waals surface area contributed by atoms with Crippen LogP contribution in [0.5, 0.6) is 0 Å². The van der Waals surface area contributed by atoms with Crippen LogP contribution in [0.1, 0.15) is 32.5 Å². The van der Waals surface area contributed by atoms with Crippen LogP contribution in [-0.2, 0) is 0 Å². The standard InChI is InChI=1S/C11H18ClN3/c1-4-9(5-2)7-13-11-6-10(12)14-8(3)15-11/h6,9H,4-5,7H2,1-3H3,(H,13,14,15). The first kappa shape index (κ1) is 12.2. The van der Waals surface area contributed by atoms with E-state index >= 15 is 0 Å². The number of hydrogen-bond donors (Lipinski definition) is 1. The number of nitrogens with one attached hydrogen (secondary N) is 1.